The van der Waals surface area contributed by atoms with Crippen molar-refractivity contribution in [2.45, 2.75) is 46.6 Å². The Labute approximate surface area is 109 Å². The predicted molar refractivity (Wildman–Crippen MR) is 70.1 cm³/mol. The van der Waals surface area contributed by atoms with Crippen molar-refractivity contribution in [2.24, 2.45) is 11.8 Å². The van der Waals surface area contributed by atoms with Gasteiger partial charge >= 0.3 is 5.97 Å². The van der Waals surface area contributed by atoms with Gasteiger partial charge in [0.05, 0.1) is 0 Å². The minimum atomic E-state index is -0.890. The van der Waals surface area contributed by atoms with E-state index in [0.717, 1.165) is 12.8 Å². The van der Waals surface area contributed by atoms with Crippen molar-refractivity contribution in [2.75, 3.05) is 6.54 Å². The van der Waals surface area contributed by atoms with Crippen molar-refractivity contribution >= 4 is 11.9 Å². The van der Waals surface area contributed by atoms with Gasteiger partial charge in [0.1, 0.15) is 6.04 Å². The van der Waals surface area contributed by atoms with Gasteiger partial charge in [-0.05, 0) is 38.5 Å². The first-order chi connectivity index (χ1) is 8.36. The van der Waals surface area contributed by atoms with Crippen molar-refractivity contribution in [3.8, 4) is 0 Å². The molecule has 0 aromatic heterocycles. The molecule has 0 aliphatic heterocycles. The van der Waals surface area contributed by atoms with E-state index in [1.165, 1.54) is 17.4 Å². The van der Waals surface area contributed by atoms with E-state index in [-0.39, 0.29) is 11.8 Å². The summed E-state index contributed by atoms with van der Waals surface area (Å²) in [6.07, 6.45) is 3.79. The molecule has 0 aromatic carbocycles. The third kappa shape index (κ3) is 3.34. The smallest absolute Gasteiger partial charge is 0.326 e. The zero-order valence-corrected chi connectivity index (χ0v) is 11.6. The van der Waals surface area contributed by atoms with Gasteiger partial charge in [-0.25, -0.2) is 4.79 Å². The molecule has 18 heavy (non-hydrogen) atoms. The maximum absolute atomic E-state index is 11.6. The second kappa shape index (κ2) is 6.03. The van der Waals surface area contributed by atoms with Crippen molar-refractivity contribution < 1.29 is 14.7 Å². The summed E-state index contributed by atoms with van der Waals surface area (Å²) in [6.45, 7) is 7.84. The number of nitrogens with zero attached hydrogens (tertiary/aromatic N) is 1. The fourth-order valence-electron chi connectivity index (χ4n) is 3.04. The lowest BCUT2D eigenvalue weighted by molar-refractivity contribution is -0.152. The summed E-state index contributed by atoms with van der Waals surface area (Å²) in [7, 11) is 0. The molecule has 0 bridgehead atoms. The molecule has 4 nitrogen and oxygen atoms in total. The van der Waals surface area contributed by atoms with Gasteiger partial charge in [0.15, 0.2) is 0 Å². The van der Waals surface area contributed by atoms with Crippen LogP contribution >= 0.6 is 0 Å². The van der Waals surface area contributed by atoms with Crippen LogP contribution in [0.2, 0.25) is 0 Å². The molecule has 3 unspecified atom stereocenters. The summed E-state index contributed by atoms with van der Waals surface area (Å²) < 4.78 is 0. The number of rotatable bonds is 4. The zero-order chi connectivity index (χ0) is 13.9. The van der Waals surface area contributed by atoms with Crippen molar-refractivity contribution in [1.29, 1.82) is 0 Å². The Morgan fingerprint density at radius 3 is 2.56 bits per heavy atom. The fourth-order valence-corrected chi connectivity index (χ4v) is 3.04. The van der Waals surface area contributed by atoms with Crippen LogP contribution in [-0.4, -0.2) is 34.5 Å². The van der Waals surface area contributed by atoms with Gasteiger partial charge in [-0.2, -0.15) is 0 Å². The summed E-state index contributed by atoms with van der Waals surface area (Å²) in [5, 5.41) is 9.44. The van der Waals surface area contributed by atoms with Crippen LogP contribution in [0.15, 0.2) is 11.6 Å². The zero-order valence-electron chi connectivity index (χ0n) is 11.6. The third-order valence-corrected chi connectivity index (χ3v) is 3.61. The first kappa shape index (κ1) is 14.7. The first-order valence-electron chi connectivity index (χ1n) is 6.54. The highest BCUT2D eigenvalue weighted by atomic mass is 16.4. The van der Waals surface area contributed by atoms with Gasteiger partial charge in [-0.15, -0.1) is 0 Å². The molecule has 0 heterocycles. The van der Waals surface area contributed by atoms with Crippen LogP contribution in [0.5, 0.6) is 0 Å². The van der Waals surface area contributed by atoms with Gasteiger partial charge < -0.3 is 10.0 Å². The van der Waals surface area contributed by atoms with Gasteiger partial charge in [0, 0.05) is 13.5 Å². The number of carbonyl (C=O) groups is 2. The number of allylic oxidation sites excluding steroid dienone is 2. The number of amides is 1. The lowest BCUT2D eigenvalue weighted by Gasteiger charge is -2.36. The van der Waals surface area contributed by atoms with E-state index in [1.807, 2.05) is 13.8 Å². The molecule has 1 aliphatic carbocycles. The molecular formula is C14H23NO3. The molecule has 1 rings (SSSR count). The second-order valence-corrected chi connectivity index (χ2v) is 5.28. The Morgan fingerprint density at radius 1 is 1.56 bits per heavy atom. The molecular weight excluding hydrogens is 230 g/mol. The normalized spacial score (nSPS) is 25.2. The SMILES string of the molecule is CCN(C(C)=O)C(C(=O)O)C1CC(C)=CC(C)C1. The molecule has 0 spiro atoms. The highest BCUT2D eigenvalue weighted by Gasteiger charge is 2.36. The van der Waals surface area contributed by atoms with Crippen LogP contribution in [0.1, 0.15) is 40.5 Å². The minimum absolute atomic E-state index is 0.0198. The Bertz CT molecular complexity index is 362. The summed E-state index contributed by atoms with van der Waals surface area (Å²) in [6, 6.07) is -0.696. The molecule has 0 saturated heterocycles. The Morgan fingerprint density at radius 2 is 2.17 bits per heavy atom. The molecule has 0 saturated carbocycles. The first-order valence-corrected chi connectivity index (χ1v) is 6.54. The van der Waals surface area contributed by atoms with Crippen LogP contribution in [-0.2, 0) is 9.59 Å². The maximum atomic E-state index is 11.6. The highest BCUT2D eigenvalue weighted by Crippen LogP contribution is 2.32. The van der Waals surface area contributed by atoms with Crippen molar-refractivity contribution in [3.05, 3.63) is 11.6 Å². The Balaban J connectivity index is 2.96. The summed E-state index contributed by atoms with van der Waals surface area (Å²) in [5.41, 5.74) is 1.23. The summed E-state index contributed by atoms with van der Waals surface area (Å²) in [5.74, 6) is -0.647. The number of carbonyl (C=O) groups excluding carboxylic acids is 1. The number of carboxylic acids is 1. The number of carboxylic acid groups (broad SMARTS) is 1. The number of hydrogen-bond acceptors (Lipinski definition) is 2. The van der Waals surface area contributed by atoms with E-state index in [4.69, 9.17) is 0 Å². The Kier molecular flexibility index (Phi) is 4.93. The van der Waals surface area contributed by atoms with Gasteiger partial charge in [-0.1, -0.05) is 18.6 Å². The molecule has 102 valence electrons. The number of aliphatic carboxylic acids is 1. The molecule has 0 aromatic rings. The standard InChI is InChI=1S/C14H23NO3/c1-5-15(11(4)16)13(14(17)18)12-7-9(2)6-10(3)8-12/h6,9,12-13H,5,7-8H2,1-4H3,(H,17,18). The Hall–Kier alpha value is -1.32. The molecule has 0 fully saturated rings. The maximum Gasteiger partial charge on any atom is 0.326 e. The average molecular weight is 253 g/mol. The largest absolute Gasteiger partial charge is 0.480 e. The van der Waals surface area contributed by atoms with Crippen molar-refractivity contribution in [1.82, 2.24) is 4.90 Å². The average Bonchev–Trinajstić information content (AvgIpc) is 2.22. The predicted octanol–water partition coefficient (Wildman–Crippen LogP) is 2.30. The lowest BCUT2D eigenvalue weighted by Crippen LogP contribution is -2.49. The highest BCUT2D eigenvalue weighted by molar-refractivity contribution is 5.82. The van der Waals surface area contributed by atoms with Crippen molar-refractivity contribution in [3.63, 3.8) is 0 Å². The molecule has 1 amide bonds. The van der Waals surface area contributed by atoms with Crippen LogP contribution < -0.4 is 0 Å². The van der Waals surface area contributed by atoms with Gasteiger partial charge in [-0.3, -0.25) is 4.79 Å². The van der Waals surface area contributed by atoms with Crippen LogP contribution in [0.3, 0.4) is 0 Å². The molecule has 1 N–H and O–H groups in total. The van der Waals surface area contributed by atoms with Gasteiger partial charge in [0.25, 0.3) is 0 Å². The van der Waals surface area contributed by atoms with E-state index in [0.29, 0.717) is 12.5 Å². The second-order valence-electron chi connectivity index (χ2n) is 5.28. The van der Waals surface area contributed by atoms with E-state index in [9.17, 15) is 14.7 Å². The fraction of sp³-hybridized carbons (Fsp3) is 0.714. The summed E-state index contributed by atoms with van der Waals surface area (Å²) >= 11 is 0. The van der Waals surface area contributed by atoms with Crippen LogP contribution in [0, 0.1) is 11.8 Å². The quantitative estimate of drug-likeness (QED) is 0.782. The van der Waals surface area contributed by atoms with E-state index >= 15 is 0 Å². The van der Waals surface area contributed by atoms with E-state index in [1.54, 1.807) is 0 Å². The summed E-state index contributed by atoms with van der Waals surface area (Å²) in [4.78, 5) is 24.5. The van der Waals surface area contributed by atoms with E-state index < -0.39 is 12.0 Å². The minimum Gasteiger partial charge on any atom is -0.480 e. The monoisotopic (exact) mass is 253 g/mol. The number of hydrogen-bond donors (Lipinski definition) is 1. The molecule has 3 atom stereocenters. The molecule has 1 aliphatic rings. The topological polar surface area (TPSA) is 57.6 Å². The third-order valence-electron chi connectivity index (χ3n) is 3.61. The van der Waals surface area contributed by atoms with E-state index in [2.05, 4.69) is 13.0 Å². The molecule has 0 radical (unpaired) electrons. The van der Waals surface area contributed by atoms with Gasteiger partial charge in [0.2, 0.25) is 5.91 Å². The molecule has 4 heteroatoms. The van der Waals surface area contributed by atoms with Crippen LogP contribution in [0.4, 0.5) is 0 Å². The lowest BCUT2D eigenvalue weighted by atomic mass is 9.79. The number of likely N-dealkylation sites (N-methyl/N-ethyl adjacent to an activating group) is 1. The van der Waals surface area contributed by atoms with Crippen LogP contribution in [0.25, 0.3) is 0 Å².